The van der Waals surface area contributed by atoms with Crippen molar-refractivity contribution in [3.05, 3.63) is 64.9 Å². The van der Waals surface area contributed by atoms with E-state index in [4.69, 9.17) is 16.3 Å². The summed E-state index contributed by atoms with van der Waals surface area (Å²) >= 11 is 5.85. The van der Waals surface area contributed by atoms with Gasteiger partial charge in [0.25, 0.3) is 5.91 Å². The van der Waals surface area contributed by atoms with E-state index in [0.29, 0.717) is 22.9 Å². The normalized spacial score (nSPS) is 11.6. The molecule has 2 aromatic carbocycles. The van der Waals surface area contributed by atoms with Gasteiger partial charge in [0.05, 0.1) is 0 Å². The standard InChI is InChI=1S/C22H26ClFN2O3/c1-3-4-13-25-22(28)16(2)26(14-17-7-5-6-8-20(17)24)21(27)15-29-19-11-9-18(23)10-12-19/h5-12,16H,3-4,13-15H2,1-2H3,(H,25,28)/t16-/m1/s1. The number of carbonyl (C=O) groups excluding carboxylic acids is 2. The van der Waals surface area contributed by atoms with Gasteiger partial charge in [0.15, 0.2) is 6.61 Å². The van der Waals surface area contributed by atoms with E-state index in [0.717, 1.165) is 12.8 Å². The Balaban J connectivity index is 2.11. The molecule has 2 aromatic rings. The van der Waals surface area contributed by atoms with E-state index in [2.05, 4.69) is 5.32 Å². The summed E-state index contributed by atoms with van der Waals surface area (Å²) in [7, 11) is 0. The lowest BCUT2D eigenvalue weighted by Crippen LogP contribution is -2.49. The molecule has 5 nitrogen and oxygen atoms in total. The first-order valence-corrected chi connectivity index (χ1v) is 9.99. The minimum Gasteiger partial charge on any atom is -0.484 e. The van der Waals surface area contributed by atoms with Crippen LogP contribution >= 0.6 is 11.6 Å². The highest BCUT2D eigenvalue weighted by molar-refractivity contribution is 6.30. The van der Waals surface area contributed by atoms with Crippen molar-refractivity contribution in [3.63, 3.8) is 0 Å². The van der Waals surface area contributed by atoms with E-state index >= 15 is 0 Å². The van der Waals surface area contributed by atoms with Crippen LogP contribution in [0.2, 0.25) is 5.02 Å². The number of hydrogen-bond acceptors (Lipinski definition) is 3. The number of amides is 2. The molecule has 29 heavy (non-hydrogen) atoms. The zero-order chi connectivity index (χ0) is 21.2. The molecule has 2 rings (SSSR count). The van der Waals surface area contributed by atoms with Gasteiger partial charge in [-0.3, -0.25) is 9.59 Å². The summed E-state index contributed by atoms with van der Waals surface area (Å²) in [5.74, 6) is -0.646. The van der Waals surface area contributed by atoms with Crippen LogP contribution < -0.4 is 10.1 Å². The fourth-order valence-electron chi connectivity index (χ4n) is 2.69. The Bertz CT molecular complexity index is 814. The maximum Gasteiger partial charge on any atom is 0.261 e. The smallest absolute Gasteiger partial charge is 0.261 e. The molecule has 0 aromatic heterocycles. The van der Waals surface area contributed by atoms with E-state index < -0.39 is 17.8 Å². The second kappa shape index (κ2) is 11.4. The number of nitrogens with zero attached hydrogens (tertiary/aromatic N) is 1. The van der Waals surface area contributed by atoms with Crippen LogP contribution in [0.25, 0.3) is 0 Å². The van der Waals surface area contributed by atoms with Gasteiger partial charge >= 0.3 is 0 Å². The molecule has 0 saturated carbocycles. The number of unbranched alkanes of at least 4 members (excludes halogenated alkanes) is 1. The van der Waals surface area contributed by atoms with Crippen molar-refractivity contribution in [3.8, 4) is 5.75 Å². The summed E-state index contributed by atoms with van der Waals surface area (Å²) in [5.41, 5.74) is 0.334. The number of carbonyl (C=O) groups is 2. The van der Waals surface area contributed by atoms with Crippen LogP contribution in [0.5, 0.6) is 5.75 Å². The lowest BCUT2D eigenvalue weighted by Gasteiger charge is -2.29. The second-order valence-corrected chi connectivity index (χ2v) is 7.11. The van der Waals surface area contributed by atoms with Crippen LogP contribution in [0.3, 0.4) is 0 Å². The first-order valence-electron chi connectivity index (χ1n) is 9.61. The van der Waals surface area contributed by atoms with Crippen LogP contribution in [0.15, 0.2) is 48.5 Å². The quantitative estimate of drug-likeness (QED) is 0.586. The van der Waals surface area contributed by atoms with Gasteiger partial charge in [0.2, 0.25) is 5.91 Å². The Morgan fingerprint density at radius 3 is 2.52 bits per heavy atom. The first-order chi connectivity index (χ1) is 13.9. The lowest BCUT2D eigenvalue weighted by atomic mass is 10.1. The van der Waals surface area contributed by atoms with Crippen LogP contribution in [0.4, 0.5) is 4.39 Å². The second-order valence-electron chi connectivity index (χ2n) is 6.68. The Morgan fingerprint density at radius 2 is 1.86 bits per heavy atom. The van der Waals surface area contributed by atoms with Crippen molar-refractivity contribution >= 4 is 23.4 Å². The van der Waals surface area contributed by atoms with Crippen LogP contribution in [0, 0.1) is 5.82 Å². The third-order valence-corrected chi connectivity index (χ3v) is 4.72. The number of rotatable bonds is 10. The number of hydrogen-bond donors (Lipinski definition) is 1. The SMILES string of the molecule is CCCCNC(=O)[C@@H](C)N(Cc1ccccc1F)C(=O)COc1ccc(Cl)cc1. The molecule has 0 fully saturated rings. The molecule has 0 aliphatic heterocycles. The molecule has 1 atom stereocenters. The molecule has 0 unspecified atom stereocenters. The maximum absolute atomic E-state index is 14.1. The summed E-state index contributed by atoms with van der Waals surface area (Å²) < 4.78 is 19.7. The largest absolute Gasteiger partial charge is 0.484 e. The molecule has 0 spiro atoms. The molecule has 1 N–H and O–H groups in total. The average Bonchev–Trinajstić information content (AvgIpc) is 2.72. The highest BCUT2D eigenvalue weighted by Crippen LogP contribution is 2.17. The van der Waals surface area contributed by atoms with Gasteiger partial charge < -0.3 is 15.0 Å². The molecule has 0 saturated heterocycles. The molecule has 0 bridgehead atoms. The van der Waals surface area contributed by atoms with Crippen LogP contribution in [-0.2, 0) is 16.1 Å². The van der Waals surface area contributed by atoms with Gasteiger partial charge in [-0.2, -0.15) is 0 Å². The van der Waals surface area contributed by atoms with Crippen LogP contribution in [0.1, 0.15) is 32.3 Å². The predicted molar refractivity (Wildman–Crippen MR) is 111 cm³/mol. The van der Waals surface area contributed by atoms with Gasteiger partial charge in [-0.25, -0.2) is 4.39 Å². The Labute approximate surface area is 175 Å². The number of halogens is 2. The van der Waals surface area contributed by atoms with Gasteiger partial charge in [-0.05, 0) is 43.7 Å². The summed E-state index contributed by atoms with van der Waals surface area (Å²) in [6, 6.07) is 12.0. The average molecular weight is 421 g/mol. The molecular weight excluding hydrogens is 395 g/mol. The third-order valence-electron chi connectivity index (χ3n) is 4.47. The molecule has 2 amide bonds. The van der Waals surface area contributed by atoms with E-state index in [9.17, 15) is 14.0 Å². The fraction of sp³-hybridized carbons (Fsp3) is 0.364. The summed E-state index contributed by atoms with van der Waals surface area (Å²) in [5, 5.41) is 3.37. The molecular formula is C22H26ClFN2O3. The summed E-state index contributed by atoms with van der Waals surface area (Å²) in [6.07, 6.45) is 1.79. The highest BCUT2D eigenvalue weighted by atomic mass is 35.5. The lowest BCUT2D eigenvalue weighted by molar-refractivity contribution is -0.142. The third kappa shape index (κ3) is 7.06. The number of nitrogens with one attached hydrogen (secondary N) is 1. The zero-order valence-electron chi connectivity index (χ0n) is 16.7. The van der Waals surface area contributed by atoms with Crippen LogP contribution in [-0.4, -0.2) is 35.9 Å². The minimum absolute atomic E-state index is 0.0299. The molecule has 7 heteroatoms. The van der Waals surface area contributed by atoms with Crippen molar-refractivity contribution < 1.29 is 18.7 Å². The Hall–Kier alpha value is -2.60. The summed E-state index contributed by atoms with van der Waals surface area (Å²) in [6.45, 7) is 3.88. The van der Waals surface area contributed by atoms with Crippen molar-refractivity contribution in [2.24, 2.45) is 0 Å². The van der Waals surface area contributed by atoms with Crippen molar-refractivity contribution in [1.29, 1.82) is 0 Å². The molecule has 0 aliphatic rings. The van der Waals surface area contributed by atoms with Crippen molar-refractivity contribution in [2.75, 3.05) is 13.2 Å². The molecule has 156 valence electrons. The monoisotopic (exact) mass is 420 g/mol. The Morgan fingerprint density at radius 1 is 1.17 bits per heavy atom. The predicted octanol–water partition coefficient (Wildman–Crippen LogP) is 4.19. The van der Waals surface area contributed by atoms with Gasteiger partial charge in [-0.15, -0.1) is 0 Å². The van der Waals surface area contributed by atoms with Crippen molar-refractivity contribution in [2.45, 2.75) is 39.3 Å². The Kier molecular flexibility index (Phi) is 8.93. The molecule has 0 aliphatic carbocycles. The van der Waals surface area contributed by atoms with E-state index in [1.165, 1.54) is 11.0 Å². The fourth-order valence-corrected chi connectivity index (χ4v) is 2.81. The van der Waals surface area contributed by atoms with Gasteiger partial charge in [0, 0.05) is 23.7 Å². The maximum atomic E-state index is 14.1. The number of ether oxygens (including phenoxy) is 1. The van der Waals surface area contributed by atoms with Gasteiger partial charge in [-0.1, -0.05) is 43.1 Å². The molecule has 0 radical (unpaired) electrons. The van der Waals surface area contributed by atoms with E-state index in [-0.39, 0.29) is 19.1 Å². The van der Waals surface area contributed by atoms with E-state index in [1.807, 2.05) is 6.92 Å². The first kappa shape index (κ1) is 22.7. The molecule has 0 heterocycles. The minimum atomic E-state index is -0.771. The topological polar surface area (TPSA) is 58.6 Å². The van der Waals surface area contributed by atoms with Crippen molar-refractivity contribution in [1.82, 2.24) is 10.2 Å². The number of benzene rings is 2. The highest BCUT2D eigenvalue weighted by Gasteiger charge is 2.27. The van der Waals surface area contributed by atoms with Gasteiger partial charge in [0.1, 0.15) is 17.6 Å². The summed E-state index contributed by atoms with van der Waals surface area (Å²) in [4.78, 5) is 26.7. The zero-order valence-corrected chi connectivity index (χ0v) is 17.4. The van der Waals surface area contributed by atoms with E-state index in [1.54, 1.807) is 49.4 Å².